The van der Waals surface area contributed by atoms with Gasteiger partial charge in [-0.25, -0.2) is 0 Å². The normalized spacial score (nSPS) is 11.7. The van der Waals surface area contributed by atoms with Crippen molar-refractivity contribution in [1.82, 2.24) is 0 Å². The fourth-order valence-electron chi connectivity index (χ4n) is 1.77. The Morgan fingerprint density at radius 3 is 2.91 bits per heavy atom. The van der Waals surface area contributed by atoms with Crippen molar-refractivity contribution in [3.63, 3.8) is 0 Å². The van der Waals surface area contributed by atoms with Gasteiger partial charge in [0.25, 0.3) is 0 Å². The Morgan fingerprint density at radius 2 is 2.17 bits per heavy atom. The molecule has 1 aromatic carbocycles. The lowest BCUT2D eigenvalue weighted by Crippen LogP contribution is -2.14. The summed E-state index contributed by atoms with van der Waals surface area (Å²) in [4.78, 5) is 13.0. The van der Waals surface area contributed by atoms with Crippen molar-refractivity contribution >= 4 is 35.1 Å². The van der Waals surface area contributed by atoms with Gasteiger partial charge in [-0.05, 0) is 31.2 Å². The number of thioether (sulfide) groups is 2. The van der Waals surface area contributed by atoms with Crippen molar-refractivity contribution in [1.29, 1.82) is 5.26 Å². The van der Waals surface area contributed by atoms with E-state index in [0.29, 0.717) is 17.3 Å². The molecule has 4 nitrogen and oxygen atoms in total. The molecule has 1 amide bonds. The highest BCUT2D eigenvalue weighted by Crippen LogP contribution is 2.28. The predicted octanol–water partition coefficient (Wildman–Crippen LogP) is 4.40. The molecule has 0 saturated carbocycles. The summed E-state index contributed by atoms with van der Waals surface area (Å²) in [6.45, 7) is 1.89. The van der Waals surface area contributed by atoms with Crippen LogP contribution in [0.4, 0.5) is 5.69 Å². The minimum atomic E-state index is -0.0389. The van der Waals surface area contributed by atoms with Crippen LogP contribution < -0.4 is 5.32 Å². The Labute approximate surface area is 144 Å². The molecule has 0 aliphatic heterocycles. The standard InChI is InChI=1S/C17H18N2O2S2/c1-13(9-18)10-23-16-7-3-2-6-15(16)19-17(20)12-22-11-14-5-4-8-21-14/h2-8,13H,10-12H2,1H3,(H,19,20). The average molecular weight is 346 g/mol. The van der Waals surface area contributed by atoms with Crippen LogP contribution in [-0.2, 0) is 10.5 Å². The zero-order valence-electron chi connectivity index (χ0n) is 12.8. The van der Waals surface area contributed by atoms with Crippen LogP contribution in [0.3, 0.4) is 0 Å². The summed E-state index contributed by atoms with van der Waals surface area (Å²) >= 11 is 3.09. The summed E-state index contributed by atoms with van der Waals surface area (Å²) in [6, 6.07) is 13.6. The van der Waals surface area contributed by atoms with Gasteiger partial charge in [-0.1, -0.05) is 12.1 Å². The average Bonchev–Trinajstić information content (AvgIpc) is 3.07. The number of amides is 1. The van der Waals surface area contributed by atoms with Crippen LogP contribution in [0.15, 0.2) is 52.0 Å². The summed E-state index contributed by atoms with van der Waals surface area (Å²) in [5.74, 6) is 2.56. The third kappa shape index (κ3) is 6.05. The maximum absolute atomic E-state index is 12.1. The first kappa shape index (κ1) is 17.5. The maximum atomic E-state index is 12.1. The number of rotatable bonds is 8. The number of nitrogens with zero attached hydrogens (tertiary/aromatic N) is 1. The first-order valence-electron chi connectivity index (χ1n) is 7.20. The van der Waals surface area contributed by atoms with Crippen molar-refractivity contribution in [2.75, 3.05) is 16.8 Å². The van der Waals surface area contributed by atoms with Crippen molar-refractivity contribution in [2.24, 2.45) is 5.92 Å². The van der Waals surface area contributed by atoms with Crippen molar-refractivity contribution < 1.29 is 9.21 Å². The lowest BCUT2D eigenvalue weighted by molar-refractivity contribution is -0.113. The second kappa shape index (κ2) is 9.33. The van der Waals surface area contributed by atoms with Crippen molar-refractivity contribution in [2.45, 2.75) is 17.6 Å². The highest BCUT2D eigenvalue weighted by atomic mass is 32.2. The Bertz CT molecular complexity index is 665. The molecular weight excluding hydrogens is 328 g/mol. The molecule has 0 aliphatic carbocycles. The number of nitriles is 1. The third-order valence-corrected chi connectivity index (χ3v) is 5.22. The van der Waals surface area contributed by atoms with Crippen LogP contribution in [0, 0.1) is 17.2 Å². The Kier molecular flexibility index (Phi) is 7.11. The SMILES string of the molecule is CC(C#N)CSc1ccccc1NC(=O)CSCc1ccco1. The zero-order chi connectivity index (χ0) is 16.5. The quantitative estimate of drug-likeness (QED) is 0.718. The number of carbonyl (C=O) groups is 1. The first-order valence-corrected chi connectivity index (χ1v) is 9.34. The van der Waals surface area contributed by atoms with Crippen LogP contribution in [-0.4, -0.2) is 17.4 Å². The van der Waals surface area contributed by atoms with E-state index in [1.807, 2.05) is 43.3 Å². The van der Waals surface area contributed by atoms with Crippen LogP contribution >= 0.6 is 23.5 Å². The van der Waals surface area contributed by atoms with Gasteiger partial charge < -0.3 is 9.73 Å². The number of para-hydroxylation sites is 1. The largest absolute Gasteiger partial charge is 0.468 e. The Hall–Kier alpha value is -1.84. The zero-order valence-corrected chi connectivity index (χ0v) is 14.5. The second-order valence-electron chi connectivity index (χ2n) is 4.96. The molecule has 1 N–H and O–H groups in total. The van der Waals surface area contributed by atoms with E-state index < -0.39 is 0 Å². The van der Waals surface area contributed by atoms with Gasteiger partial charge in [0.15, 0.2) is 0 Å². The van der Waals surface area contributed by atoms with Gasteiger partial charge in [0.2, 0.25) is 5.91 Å². The van der Waals surface area contributed by atoms with Gasteiger partial charge in [-0.15, -0.1) is 23.5 Å². The monoisotopic (exact) mass is 346 g/mol. The van der Waals surface area contributed by atoms with Crippen LogP contribution in [0.5, 0.6) is 0 Å². The summed E-state index contributed by atoms with van der Waals surface area (Å²) in [5, 5.41) is 11.8. The first-order chi connectivity index (χ1) is 11.2. The number of anilines is 1. The molecule has 23 heavy (non-hydrogen) atoms. The van der Waals surface area contributed by atoms with Gasteiger partial charge in [-0.3, -0.25) is 4.79 Å². The molecule has 1 atom stereocenters. The van der Waals surface area contributed by atoms with Crippen LogP contribution in [0.2, 0.25) is 0 Å². The highest BCUT2D eigenvalue weighted by molar-refractivity contribution is 7.99. The van der Waals surface area contributed by atoms with Crippen LogP contribution in [0.25, 0.3) is 0 Å². The molecule has 2 rings (SSSR count). The minimum Gasteiger partial charge on any atom is -0.468 e. The summed E-state index contributed by atoms with van der Waals surface area (Å²) in [5.41, 5.74) is 0.797. The third-order valence-electron chi connectivity index (χ3n) is 2.93. The maximum Gasteiger partial charge on any atom is 0.234 e. The Balaban J connectivity index is 1.84. The summed E-state index contributed by atoms with van der Waals surface area (Å²) in [6.07, 6.45) is 1.63. The molecule has 6 heteroatoms. The minimum absolute atomic E-state index is 0.0207. The smallest absolute Gasteiger partial charge is 0.234 e. The molecule has 0 spiro atoms. The van der Waals surface area contributed by atoms with Gasteiger partial charge in [-0.2, -0.15) is 5.26 Å². The molecule has 0 saturated heterocycles. The number of benzene rings is 1. The number of carbonyl (C=O) groups excluding carboxylic acids is 1. The van der Waals surface area contributed by atoms with Crippen LogP contribution in [0.1, 0.15) is 12.7 Å². The molecule has 2 aromatic rings. The number of nitrogens with one attached hydrogen (secondary N) is 1. The van der Waals surface area contributed by atoms with E-state index >= 15 is 0 Å². The van der Waals surface area contributed by atoms with E-state index in [2.05, 4.69) is 11.4 Å². The van der Waals surface area contributed by atoms with Gasteiger partial charge in [0.05, 0.1) is 35.4 Å². The predicted molar refractivity (Wildman–Crippen MR) is 95.4 cm³/mol. The van der Waals surface area contributed by atoms with E-state index in [0.717, 1.165) is 16.3 Å². The van der Waals surface area contributed by atoms with Gasteiger partial charge in [0.1, 0.15) is 5.76 Å². The molecule has 0 aliphatic rings. The fourth-order valence-corrected chi connectivity index (χ4v) is 3.45. The topological polar surface area (TPSA) is 66.0 Å². The Morgan fingerprint density at radius 1 is 1.35 bits per heavy atom. The molecule has 1 heterocycles. The highest BCUT2D eigenvalue weighted by Gasteiger charge is 2.09. The van der Waals surface area contributed by atoms with Gasteiger partial charge in [0, 0.05) is 10.6 Å². The van der Waals surface area contributed by atoms with E-state index in [-0.39, 0.29) is 11.8 Å². The molecule has 0 bridgehead atoms. The fraction of sp³-hybridized carbons (Fsp3) is 0.294. The second-order valence-corrected chi connectivity index (χ2v) is 7.01. The molecule has 0 radical (unpaired) electrons. The molecule has 0 fully saturated rings. The van der Waals surface area contributed by atoms with E-state index in [1.54, 1.807) is 18.0 Å². The van der Waals surface area contributed by atoms with E-state index in [4.69, 9.17) is 9.68 Å². The van der Waals surface area contributed by atoms with Gasteiger partial charge >= 0.3 is 0 Å². The molecule has 120 valence electrons. The molecule has 1 unspecified atom stereocenters. The summed E-state index contributed by atoms with van der Waals surface area (Å²) in [7, 11) is 0. The number of furan rings is 1. The number of hydrogen-bond acceptors (Lipinski definition) is 5. The van der Waals surface area contributed by atoms with E-state index in [1.165, 1.54) is 11.8 Å². The summed E-state index contributed by atoms with van der Waals surface area (Å²) < 4.78 is 5.24. The van der Waals surface area contributed by atoms with E-state index in [9.17, 15) is 4.79 Å². The van der Waals surface area contributed by atoms with Crippen molar-refractivity contribution in [3.05, 3.63) is 48.4 Å². The lowest BCUT2D eigenvalue weighted by Gasteiger charge is -2.11. The number of hydrogen-bond donors (Lipinski definition) is 1. The van der Waals surface area contributed by atoms with Crippen molar-refractivity contribution in [3.8, 4) is 6.07 Å². The molecule has 1 aromatic heterocycles. The molecular formula is C17H18N2O2S2. The lowest BCUT2D eigenvalue weighted by atomic mass is 10.3.